The summed E-state index contributed by atoms with van der Waals surface area (Å²) < 4.78 is 5.26. The molecular formula is C13H15NO4. The number of Topliss-reactive ketones (excluding diaryl/α,β-unsaturated/α-hetero) is 1. The summed E-state index contributed by atoms with van der Waals surface area (Å²) in [5.41, 5.74) is 1.93. The van der Waals surface area contributed by atoms with Crippen molar-refractivity contribution in [1.29, 1.82) is 0 Å². The summed E-state index contributed by atoms with van der Waals surface area (Å²) in [5, 5.41) is 8.83. The predicted molar refractivity (Wildman–Crippen MR) is 66.2 cm³/mol. The van der Waals surface area contributed by atoms with Gasteiger partial charge in [-0.3, -0.25) is 4.79 Å². The highest BCUT2D eigenvalue weighted by molar-refractivity contribution is 6.41. The first kappa shape index (κ1) is 12.6. The highest BCUT2D eigenvalue weighted by Gasteiger charge is 2.22. The van der Waals surface area contributed by atoms with E-state index < -0.39 is 11.8 Å². The van der Waals surface area contributed by atoms with Gasteiger partial charge in [0.2, 0.25) is 0 Å². The topological polar surface area (TPSA) is 66.8 Å². The lowest BCUT2D eigenvalue weighted by Crippen LogP contribution is -2.37. The standard InChI is InChI=1S/C13H15NO4/c1-9-2-3-10(12(15)13(16)17)11(8-9)14-4-6-18-7-5-14/h2-3,8H,4-7H2,1H3,(H,16,17). The Morgan fingerprint density at radius 1 is 1.28 bits per heavy atom. The molecule has 0 saturated carbocycles. The Hall–Kier alpha value is -1.88. The van der Waals surface area contributed by atoms with Crippen molar-refractivity contribution in [2.75, 3.05) is 31.2 Å². The van der Waals surface area contributed by atoms with Crippen molar-refractivity contribution in [3.8, 4) is 0 Å². The van der Waals surface area contributed by atoms with Gasteiger partial charge in [-0.15, -0.1) is 0 Å². The Bertz CT molecular complexity index is 478. The summed E-state index contributed by atoms with van der Waals surface area (Å²) >= 11 is 0. The predicted octanol–water partition coefficient (Wildman–Crippen LogP) is 1.10. The molecule has 1 aromatic carbocycles. The van der Waals surface area contributed by atoms with Gasteiger partial charge in [-0.2, -0.15) is 0 Å². The van der Waals surface area contributed by atoms with E-state index in [0.717, 1.165) is 5.56 Å². The number of carboxylic acid groups (broad SMARTS) is 1. The number of aryl methyl sites for hydroxylation is 1. The first-order valence-electron chi connectivity index (χ1n) is 5.80. The number of morpholine rings is 1. The molecule has 5 nitrogen and oxygen atoms in total. The lowest BCUT2D eigenvalue weighted by Gasteiger charge is -2.30. The van der Waals surface area contributed by atoms with Crippen LogP contribution >= 0.6 is 0 Å². The average molecular weight is 249 g/mol. The highest BCUT2D eigenvalue weighted by atomic mass is 16.5. The van der Waals surface area contributed by atoms with E-state index in [4.69, 9.17) is 9.84 Å². The van der Waals surface area contributed by atoms with Crippen molar-refractivity contribution < 1.29 is 19.4 Å². The zero-order valence-corrected chi connectivity index (χ0v) is 10.2. The number of carbonyl (C=O) groups is 2. The number of ketones is 1. The lowest BCUT2D eigenvalue weighted by atomic mass is 10.0. The minimum atomic E-state index is -1.42. The van der Waals surface area contributed by atoms with Crippen molar-refractivity contribution in [2.24, 2.45) is 0 Å². The van der Waals surface area contributed by atoms with E-state index in [2.05, 4.69) is 0 Å². The number of aliphatic carboxylic acids is 1. The maximum Gasteiger partial charge on any atom is 0.377 e. The third-order valence-electron chi connectivity index (χ3n) is 2.94. The number of benzene rings is 1. The second-order valence-electron chi connectivity index (χ2n) is 4.25. The van der Waals surface area contributed by atoms with E-state index >= 15 is 0 Å². The van der Waals surface area contributed by atoms with Crippen molar-refractivity contribution in [3.63, 3.8) is 0 Å². The number of carboxylic acids is 1. The van der Waals surface area contributed by atoms with Gasteiger partial charge in [-0.05, 0) is 24.6 Å². The number of nitrogens with zero attached hydrogens (tertiary/aromatic N) is 1. The second-order valence-corrected chi connectivity index (χ2v) is 4.25. The van der Waals surface area contributed by atoms with Crippen molar-refractivity contribution >= 4 is 17.4 Å². The SMILES string of the molecule is Cc1ccc(C(=O)C(=O)O)c(N2CCOCC2)c1. The monoisotopic (exact) mass is 249 g/mol. The molecule has 0 unspecified atom stereocenters. The summed E-state index contributed by atoms with van der Waals surface area (Å²) in [6.07, 6.45) is 0. The first-order chi connectivity index (χ1) is 8.59. The van der Waals surface area contributed by atoms with Crippen LogP contribution in [0, 0.1) is 6.92 Å². The quantitative estimate of drug-likeness (QED) is 0.641. The second kappa shape index (κ2) is 5.18. The van der Waals surface area contributed by atoms with Crippen LogP contribution in [-0.4, -0.2) is 43.2 Å². The van der Waals surface area contributed by atoms with Crippen LogP contribution in [0.15, 0.2) is 18.2 Å². The molecule has 1 aliphatic rings. The van der Waals surface area contributed by atoms with Gasteiger partial charge < -0.3 is 14.7 Å². The largest absolute Gasteiger partial charge is 0.475 e. The number of rotatable bonds is 3. The summed E-state index contributed by atoms with van der Waals surface area (Å²) in [6.45, 7) is 4.44. The van der Waals surface area contributed by atoms with Crippen molar-refractivity contribution in [1.82, 2.24) is 0 Å². The van der Waals surface area contributed by atoms with E-state index in [0.29, 0.717) is 32.0 Å². The Morgan fingerprint density at radius 2 is 1.94 bits per heavy atom. The van der Waals surface area contributed by atoms with Crippen LogP contribution in [-0.2, 0) is 9.53 Å². The van der Waals surface area contributed by atoms with Gasteiger partial charge in [0.25, 0.3) is 5.78 Å². The summed E-state index contributed by atoms with van der Waals surface area (Å²) in [7, 11) is 0. The highest BCUT2D eigenvalue weighted by Crippen LogP contribution is 2.23. The van der Waals surface area contributed by atoms with E-state index in [1.165, 1.54) is 0 Å². The summed E-state index contributed by atoms with van der Waals surface area (Å²) in [5.74, 6) is -2.29. The Kier molecular flexibility index (Phi) is 3.62. The molecule has 1 N–H and O–H groups in total. The molecule has 1 aromatic rings. The van der Waals surface area contributed by atoms with E-state index in [9.17, 15) is 9.59 Å². The van der Waals surface area contributed by atoms with Crippen LogP contribution in [0.2, 0.25) is 0 Å². The van der Waals surface area contributed by atoms with Crippen LogP contribution < -0.4 is 4.90 Å². The van der Waals surface area contributed by atoms with Gasteiger partial charge in [0.05, 0.1) is 18.8 Å². The molecule has 1 saturated heterocycles. The van der Waals surface area contributed by atoms with E-state index in [1.54, 1.807) is 12.1 Å². The molecule has 18 heavy (non-hydrogen) atoms. The number of hydrogen-bond donors (Lipinski definition) is 1. The van der Waals surface area contributed by atoms with E-state index in [1.807, 2.05) is 17.9 Å². The molecule has 0 aliphatic carbocycles. The smallest absolute Gasteiger partial charge is 0.377 e. The maximum atomic E-state index is 11.7. The zero-order valence-electron chi connectivity index (χ0n) is 10.2. The fourth-order valence-electron chi connectivity index (χ4n) is 2.01. The van der Waals surface area contributed by atoms with Gasteiger partial charge in [0.15, 0.2) is 0 Å². The Morgan fingerprint density at radius 3 is 2.56 bits per heavy atom. The van der Waals surface area contributed by atoms with Gasteiger partial charge in [0, 0.05) is 18.8 Å². The third-order valence-corrected chi connectivity index (χ3v) is 2.94. The fraction of sp³-hybridized carbons (Fsp3) is 0.385. The molecule has 5 heteroatoms. The van der Waals surface area contributed by atoms with E-state index in [-0.39, 0.29) is 5.56 Å². The number of ether oxygens (including phenoxy) is 1. The van der Waals surface area contributed by atoms with Crippen LogP contribution in [0.3, 0.4) is 0 Å². The lowest BCUT2D eigenvalue weighted by molar-refractivity contribution is -0.131. The normalized spacial score (nSPS) is 15.5. The summed E-state index contributed by atoms with van der Waals surface area (Å²) in [4.78, 5) is 24.5. The minimum Gasteiger partial charge on any atom is -0.475 e. The average Bonchev–Trinajstić information content (AvgIpc) is 2.39. The molecule has 0 aromatic heterocycles. The maximum absolute atomic E-state index is 11.7. The van der Waals surface area contributed by atoms with Crippen molar-refractivity contribution in [2.45, 2.75) is 6.92 Å². The molecule has 2 rings (SSSR count). The molecule has 0 bridgehead atoms. The van der Waals surface area contributed by atoms with Crippen LogP contribution in [0.5, 0.6) is 0 Å². The third kappa shape index (κ3) is 2.51. The van der Waals surface area contributed by atoms with Crippen LogP contribution in [0.25, 0.3) is 0 Å². The van der Waals surface area contributed by atoms with Gasteiger partial charge >= 0.3 is 5.97 Å². The molecule has 0 atom stereocenters. The Balaban J connectivity index is 2.39. The van der Waals surface area contributed by atoms with Gasteiger partial charge in [0.1, 0.15) is 0 Å². The molecule has 1 heterocycles. The van der Waals surface area contributed by atoms with Crippen LogP contribution in [0.4, 0.5) is 5.69 Å². The molecule has 96 valence electrons. The number of anilines is 1. The molecular weight excluding hydrogens is 234 g/mol. The van der Waals surface area contributed by atoms with Crippen LogP contribution in [0.1, 0.15) is 15.9 Å². The molecule has 0 radical (unpaired) electrons. The zero-order chi connectivity index (χ0) is 13.1. The molecule has 0 amide bonds. The molecule has 0 spiro atoms. The number of carbonyl (C=O) groups excluding carboxylic acids is 1. The molecule has 1 fully saturated rings. The fourth-order valence-corrected chi connectivity index (χ4v) is 2.01. The van der Waals surface area contributed by atoms with Gasteiger partial charge in [-0.1, -0.05) is 6.07 Å². The summed E-state index contributed by atoms with van der Waals surface area (Å²) in [6, 6.07) is 5.18. The van der Waals surface area contributed by atoms with Crippen molar-refractivity contribution in [3.05, 3.63) is 29.3 Å². The minimum absolute atomic E-state index is 0.245. The molecule has 1 aliphatic heterocycles. The van der Waals surface area contributed by atoms with Gasteiger partial charge in [-0.25, -0.2) is 4.79 Å². The number of hydrogen-bond acceptors (Lipinski definition) is 4. The Labute approximate surface area is 105 Å². The first-order valence-corrected chi connectivity index (χ1v) is 5.80.